The fraction of sp³-hybridized carbons (Fsp3) is 0.400. The SMILES string of the molecule is Nc1ncc(F)cc1C(=O)N(CCO)CC(F)F. The number of nitrogens with two attached hydrogens (primary N) is 1. The van der Waals surface area contributed by atoms with Crippen LogP contribution in [0.4, 0.5) is 19.0 Å². The Morgan fingerprint density at radius 2 is 2.22 bits per heavy atom. The Morgan fingerprint density at radius 3 is 2.78 bits per heavy atom. The number of anilines is 1. The number of aliphatic hydroxyl groups is 1. The van der Waals surface area contributed by atoms with E-state index in [0.29, 0.717) is 4.90 Å². The Balaban J connectivity index is 2.97. The second-order valence-corrected chi connectivity index (χ2v) is 3.45. The van der Waals surface area contributed by atoms with E-state index in [1.165, 1.54) is 0 Å². The van der Waals surface area contributed by atoms with E-state index in [9.17, 15) is 18.0 Å². The van der Waals surface area contributed by atoms with Crippen molar-refractivity contribution in [3.8, 4) is 0 Å². The molecule has 0 unspecified atom stereocenters. The summed E-state index contributed by atoms with van der Waals surface area (Å²) in [5.41, 5.74) is 5.08. The van der Waals surface area contributed by atoms with E-state index < -0.39 is 31.3 Å². The van der Waals surface area contributed by atoms with Crippen LogP contribution in [0.25, 0.3) is 0 Å². The van der Waals surface area contributed by atoms with Gasteiger partial charge in [-0.3, -0.25) is 4.79 Å². The lowest BCUT2D eigenvalue weighted by atomic mass is 10.2. The van der Waals surface area contributed by atoms with Crippen LogP contribution in [-0.2, 0) is 0 Å². The molecule has 100 valence electrons. The highest BCUT2D eigenvalue weighted by Gasteiger charge is 2.22. The molecule has 1 aromatic heterocycles. The molecule has 0 bridgehead atoms. The summed E-state index contributed by atoms with van der Waals surface area (Å²) in [6, 6.07) is 0.820. The van der Waals surface area contributed by atoms with E-state index in [-0.39, 0.29) is 17.9 Å². The van der Waals surface area contributed by atoms with Crippen molar-refractivity contribution in [2.45, 2.75) is 6.43 Å². The maximum atomic E-state index is 12.9. The Morgan fingerprint density at radius 1 is 1.56 bits per heavy atom. The minimum absolute atomic E-state index is 0.251. The molecule has 1 amide bonds. The highest BCUT2D eigenvalue weighted by Crippen LogP contribution is 2.14. The van der Waals surface area contributed by atoms with Gasteiger partial charge in [0.2, 0.25) is 0 Å². The third-order valence-electron chi connectivity index (χ3n) is 2.13. The van der Waals surface area contributed by atoms with Gasteiger partial charge in [-0.05, 0) is 6.07 Å². The van der Waals surface area contributed by atoms with Gasteiger partial charge in [0.15, 0.2) is 0 Å². The first-order chi connectivity index (χ1) is 8.45. The molecule has 0 aliphatic carbocycles. The Hall–Kier alpha value is -1.83. The maximum absolute atomic E-state index is 12.9. The fourth-order valence-corrected chi connectivity index (χ4v) is 1.35. The van der Waals surface area contributed by atoms with E-state index in [1.807, 2.05) is 0 Å². The van der Waals surface area contributed by atoms with Crippen molar-refractivity contribution in [2.24, 2.45) is 0 Å². The molecule has 18 heavy (non-hydrogen) atoms. The monoisotopic (exact) mass is 263 g/mol. The molecule has 0 fully saturated rings. The molecule has 0 aliphatic heterocycles. The Labute approximate surface area is 101 Å². The van der Waals surface area contributed by atoms with E-state index in [1.54, 1.807) is 0 Å². The number of amides is 1. The molecule has 0 saturated carbocycles. The zero-order valence-electron chi connectivity index (χ0n) is 9.31. The molecule has 0 aliphatic rings. The van der Waals surface area contributed by atoms with E-state index in [2.05, 4.69) is 4.98 Å². The number of carbonyl (C=O) groups is 1. The molecule has 8 heteroatoms. The van der Waals surface area contributed by atoms with Gasteiger partial charge < -0.3 is 15.7 Å². The molecule has 0 aromatic carbocycles. The second-order valence-electron chi connectivity index (χ2n) is 3.45. The van der Waals surface area contributed by atoms with Gasteiger partial charge in [0.25, 0.3) is 12.3 Å². The van der Waals surface area contributed by atoms with Gasteiger partial charge in [-0.15, -0.1) is 0 Å². The lowest BCUT2D eigenvalue weighted by Crippen LogP contribution is -2.37. The first-order valence-electron chi connectivity index (χ1n) is 5.05. The summed E-state index contributed by atoms with van der Waals surface area (Å²) in [6.45, 7) is -1.64. The fourth-order valence-electron chi connectivity index (χ4n) is 1.35. The molecule has 0 saturated heterocycles. The molecule has 0 spiro atoms. The summed E-state index contributed by atoms with van der Waals surface area (Å²) in [6.07, 6.45) is -1.95. The summed E-state index contributed by atoms with van der Waals surface area (Å²) >= 11 is 0. The quantitative estimate of drug-likeness (QED) is 0.811. The first kappa shape index (κ1) is 14.2. The number of aliphatic hydroxyl groups excluding tert-OH is 1. The number of alkyl halides is 2. The summed E-state index contributed by atoms with van der Waals surface area (Å²) in [5, 5.41) is 8.71. The van der Waals surface area contributed by atoms with Crippen molar-refractivity contribution in [3.05, 3.63) is 23.6 Å². The zero-order valence-corrected chi connectivity index (χ0v) is 9.31. The van der Waals surface area contributed by atoms with Gasteiger partial charge >= 0.3 is 0 Å². The van der Waals surface area contributed by atoms with E-state index in [4.69, 9.17) is 10.8 Å². The Kier molecular flexibility index (Phi) is 4.90. The summed E-state index contributed by atoms with van der Waals surface area (Å²) in [4.78, 5) is 16.0. The molecule has 1 heterocycles. The van der Waals surface area contributed by atoms with Crippen LogP contribution in [-0.4, -0.2) is 47.0 Å². The number of halogens is 3. The number of carbonyl (C=O) groups excluding carboxylic acids is 1. The predicted molar refractivity (Wildman–Crippen MR) is 57.6 cm³/mol. The van der Waals surface area contributed by atoms with E-state index in [0.717, 1.165) is 12.3 Å². The molecule has 3 N–H and O–H groups in total. The second kappa shape index (κ2) is 6.20. The van der Waals surface area contributed by atoms with Crippen LogP contribution in [0.2, 0.25) is 0 Å². The van der Waals surface area contributed by atoms with Crippen LogP contribution in [0, 0.1) is 5.82 Å². The summed E-state index contributed by atoms with van der Waals surface area (Å²) in [7, 11) is 0. The molecule has 0 atom stereocenters. The van der Waals surface area contributed by atoms with Crippen LogP contribution in [0.3, 0.4) is 0 Å². The smallest absolute Gasteiger partial charge is 0.257 e. The Bertz CT molecular complexity index is 429. The minimum atomic E-state index is -2.76. The molecule has 1 aromatic rings. The molecule has 1 rings (SSSR count). The van der Waals surface area contributed by atoms with Crippen molar-refractivity contribution >= 4 is 11.7 Å². The summed E-state index contributed by atoms with van der Waals surface area (Å²) in [5.74, 6) is -1.94. The largest absolute Gasteiger partial charge is 0.395 e. The highest BCUT2D eigenvalue weighted by molar-refractivity contribution is 5.98. The number of hydrogen-bond donors (Lipinski definition) is 2. The number of rotatable bonds is 5. The molecule has 0 radical (unpaired) electrons. The third-order valence-corrected chi connectivity index (χ3v) is 2.13. The topological polar surface area (TPSA) is 79.5 Å². The molecular weight excluding hydrogens is 251 g/mol. The molecular formula is C10H12F3N3O2. The van der Waals surface area contributed by atoms with Gasteiger partial charge in [0.05, 0.1) is 24.9 Å². The molecule has 5 nitrogen and oxygen atoms in total. The van der Waals surface area contributed by atoms with Crippen LogP contribution in [0.5, 0.6) is 0 Å². The van der Waals surface area contributed by atoms with Crippen LogP contribution >= 0.6 is 0 Å². The van der Waals surface area contributed by atoms with Crippen molar-refractivity contribution in [2.75, 3.05) is 25.4 Å². The van der Waals surface area contributed by atoms with Crippen molar-refractivity contribution in [1.82, 2.24) is 9.88 Å². The number of hydrogen-bond acceptors (Lipinski definition) is 4. The number of pyridine rings is 1. The van der Waals surface area contributed by atoms with Gasteiger partial charge in [-0.25, -0.2) is 18.2 Å². The van der Waals surface area contributed by atoms with Crippen molar-refractivity contribution in [3.63, 3.8) is 0 Å². The minimum Gasteiger partial charge on any atom is -0.395 e. The highest BCUT2D eigenvalue weighted by atomic mass is 19.3. The zero-order chi connectivity index (χ0) is 13.7. The number of nitrogen functional groups attached to an aromatic ring is 1. The van der Waals surface area contributed by atoms with E-state index >= 15 is 0 Å². The van der Waals surface area contributed by atoms with Crippen molar-refractivity contribution < 1.29 is 23.1 Å². The third kappa shape index (κ3) is 3.59. The van der Waals surface area contributed by atoms with Gasteiger partial charge in [-0.2, -0.15) is 0 Å². The maximum Gasteiger partial charge on any atom is 0.257 e. The lowest BCUT2D eigenvalue weighted by Gasteiger charge is -2.21. The number of nitrogens with zero attached hydrogens (tertiary/aromatic N) is 2. The van der Waals surface area contributed by atoms with Crippen LogP contribution < -0.4 is 5.73 Å². The average Bonchev–Trinajstić information content (AvgIpc) is 2.30. The van der Waals surface area contributed by atoms with Gasteiger partial charge in [0, 0.05) is 6.54 Å². The van der Waals surface area contributed by atoms with Crippen LogP contribution in [0.15, 0.2) is 12.3 Å². The predicted octanol–water partition coefficient (Wildman–Crippen LogP) is 0.503. The first-order valence-corrected chi connectivity index (χ1v) is 5.05. The van der Waals surface area contributed by atoms with Gasteiger partial charge in [-0.1, -0.05) is 0 Å². The number of aromatic nitrogens is 1. The lowest BCUT2D eigenvalue weighted by molar-refractivity contribution is 0.0509. The average molecular weight is 263 g/mol. The summed E-state index contributed by atoms with van der Waals surface area (Å²) < 4.78 is 37.5. The van der Waals surface area contributed by atoms with Gasteiger partial charge in [0.1, 0.15) is 11.6 Å². The van der Waals surface area contributed by atoms with Crippen LogP contribution in [0.1, 0.15) is 10.4 Å². The normalized spacial score (nSPS) is 10.7. The van der Waals surface area contributed by atoms with Crippen molar-refractivity contribution in [1.29, 1.82) is 0 Å². The standard InChI is InChI=1S/C10H12F3N3O2/c11-6-3-7(9(14)15-4-6)10(18)16(1-2-17)5-8(12)13/h3-4,8,17H,1-2,5H2,(H2,14,15).